The van der Waals surface area contributed by atoms with Crippen molar-refractivity contribution in [3.05, 3.63) is 59.9 Å². The van der Waals surface area contributed by atoms with Crippen LogP contribution < -0.4 is 0 Å². The van der Waals surface area contributed by atoms with Crippen molar-refractivity contribution in [3.63, 3.8) is 0 Å². The second-order valence-electron chi connectivity index (χ2n) is 7.60. The molecule has 0 spiro atoms. The smallest absolute Gasteiger partial charge is 0.343 e. The van der Waals surface area contributed by atoms with E-state index in [1.807, 2.05) is 11.0 Å². The molecule has 1 saturated heterocycles. The van der Waals surface area contributed by atoms with Gasteiger partial charge in [-0.1, -0.05) is 30.3 Å². The molecule has 1 aliphatic rings. The maximum Gasteiger partial charge on any atom is 0.417 e. The topological polar surface area (TPSA) is 49.0 Å². The predicted octanol–water partition coefficient (Wildman–Crippen LogP) is 5.52. The number of likely N-dealkylation sites (tertiary alicyclic amines) is 1. The molecular weight excluding hydrogens is 391 g/mol. The molecule has 0 radical (unpaired) electrons. The quantitative estimate of drug-likeness (QED) is 0.615. The van der Waals surface area contributed by atoms with Crippen molar-refractivity contribution in [2.24, 2.45) is 5.92 Å². The number of hydrogen-bond acceptors (Lipinski definition) is 2. The van der Waals surface area contributed by atoms with E-state index in [-0.39, 0.29) is 11.5 Å². The monoisotopic (exact) mass is 413 g/mol. The van der Waals surface area contributed by atoms with Crippen LogP contribution in [0, 0.1) is 5.92 Å². The molecule has 4 nitrogen and oxygen atoms in total. The van der Waals surface area contributed by atoms with Gasteiger partial charge >= 0.3 is 6.18 Å². The number of piperidine rings is 1. The lowest BCUT2D eigenvalue weighted by molar-refractivity contribution is -0.137. The number of hydrogen-bond donors (Lipinski definition) is 1. The number of H-pyrrole nitrogens is 1. The lowest BCUT2D eigenvalue weighted by atomic mass is 9.96. The van der Waals surface area contributed by atoms with Crippen LogP contribution in [0.5, 0.6) is 0 Å². The number of nitrogens with zero attached hydrogens (tertiary/aromatic N) is 2. The zero-order chi connectivity index (χ0) is 21.3. The minimum atomic E-state index is -4.41. The third kappa shape index (κ3) is 4.25. The molecule has 1 aromatic heterocycles. The highest BCUT2D eigenvalue weighted by atomic mass is 19.4. The molecule has 1 fully saturated rings. The fourth-order valence-corrected chi connectivity index (χ4v) is 3.89. The first-order valence-corrected chi connectivity index (χ1v) is 9.91. The van der Waals surface area contributed by atoms with Crippen LogP contribution >= 0.6 is 0 Å². The lowest BCUT2D eigenvalue weighted by Gasteiger charge is -2.29. The van der Waals surface area contributed by atoms with Crippen molar-refractivity contribution in [2.75, 3.05) is 13.1 Å². The number of fused-ring (bicyclic) bond motifs is 1. The molecule has 0 unspecified atom stereocenters. The summed E-state index contributed by atoms with van der Waals surface area (Å²) in [5, 5.41) is 0. The Labute approximate surface area is 172 Å². The van der Waals surface area contributed by atoms with Gasteiger partial charge in [-0.15, -0.1) is 0 Å². The van der Waals surface area contributed by atoms with Crippen LogP contribution in [-0.2, 0) is 11.0 Å². The Morgan fingerprint density at radius 2 is 1.90 bits per heavy atom. The van der Waals surface area contributed by atoms with Crippen LogP contribution in [0.25, 0.3) is 28.2 Å². The first-order chi connectivity index (χ1) is 14.3. The molecule has 30 heavy (non-hydrogen) atoms. The molecule has 7 heteroatoms. The molecule has 2 aromatic carbocycles. The molecule has 1 N–H and O–H groups in total. The van der Waals surface area contributed by atoms with Gasteiger partial charge < -0.3 is 9.88 Å². The Morgan fingerprint density at radius 3 is 2.60 bits per heavy atom. The Morgan fingerprint density at radius 1 is 1.17 bits per heavy atom. The van der Waals surface area contributed by atoms with Crippen LogP contribution in [0.1, 0.15) is 31.2 Å². The van der Waals surface area contributed by atoms with E-state index in [2.05, 4.69) is 16.0 Å². The average Bonchev–Trinajstić information content (AvgIpc) is 3.14. The predicted molar refractivity (Wildman–Crippen MR) is 111 cm³/mol. The van der Waals surface area contributed by atoms with E-state index in [4.69, 9.17) is 0 Å². The molecule has 3 aromatic rings. The summed E-state index contributed by atoms with van der Waals surface area (Å²) in [5.41, 5.74) is 1.38. The largest absolute Gasteiger partial charge is 0.417 e. The molecule has 0 aliphatic carbocycles. The van der Waals surface area contributed by atoms with Gasteiger partial charge in [-0.05, 0) is 54.2 Å². The van der Waals surface area contributed by atoms with Crippen LogP contribution in [0.2, 0.25) is 0 Å². The van der Waals surface area contributed by atoms with Crippen LogP contribution in [0.3, 0.4) is 0 Å². The van der Waals surface area contributed by atoms with Gasteiger partial charge in [-0.3, -0.25) is 4.79 Å². The van der Waals surface area contributed by atoms with E-state index >= 15 is 0 Å². The van der Waals surface area contributed by atoms with Gasteiger partial charge in [0.1, 0.15) is 5.82 Å². The Bertz CT molecular complexity index is 1090. The van der Waals surface area contributed by atoms with E-state index in [0.717, 1.165) is 32.0 Å². The second-order valence-corrected chi connectivity index (χ2v) is 7.60. The third-order valence-corrected chi connectivity index (χ3v) is 5.55. The van der Waals surface area contributed by atoms with E-state index < -0.39 is 11.7 Å². The van der Waals surface area contributed by atoms with Gasteiger partial charge in [0.05, 0.1) is 16.6 Å². The number of benzene rings is 2. The van der Waals surface area contributed by atoms with Gasteiger partial charge in [0, 0.05) is 20.0 Å². The highest BCUT2D eigenvalue weighted by Gasteiger charge is 2.33. The molecule has 156 valence electrons. The third-order valence-electron chi connectivity index (χ3n) is 5.55. The summed E-state index contributed by atoms with van der Waals surface area (Å²) in [7, 11) is 0. The number of aromatic amines is 1. The Balaban J connectivity index is 1.55. The minimum absolute atomic E-state index is 0.109. The maximum absolute atomic E-state index is 13.3. The van der Waals surface area contributed by atoms with E-state index in [1.54, 1.807) is 31.2 Å². The number of halogens is 3. The molecule has 1 aliphatic heterocycles. The van der Waals surface area contributed by atoms with Crippen LogP contribution in [0.15, 0.2) is 48.5 Å². The number of carbonyl (C=O) groups is 1. The second kappa shape index (κ2) is 7.97. The summed E-state index contributed by atoms with van der Waals surface area (Å²) in [6, 6.07) is 10.7. The Hall–Kier alpha value is -3.09. The summed E-state index contributed by atoms with van der Waals surface area (Å²) < 4.78 is 40.0. The summed E-state index contributed by atoms with van der Waals surface area (Å²) >= 11 is 0. The number of nitrogens with one attached hydrogen (secondary N) is 1. The van der Waals surface area contributed by atoms with Crippen molar-refractivity contribution < 1.29 is 18.0 Å². The fraction of sp³-hybridized carbons (Fsp3) is 0.304. The summed E-state index contributed by atoms with van der Waals surface area (Å²) in [4.78, 5) is 21.0. The maximum atomic E-state index is 13.3. The lowest BCUT2D eigenvalue weighted by Crippen LogP contribution is -2.36. The van der Waals surface area contributed by atoms with Crippen molar-refractivity contribution >= 4 is 23.0 Å². The van der Waals surface area contributed by atoms with Crippen molar-refractivity contribution in [2.45, 2.75) is 25.9 Å². The van der Waals surface area contributed by atoms with Gasteiger partial charge in [0.2, 0.25) is 5.91 Å². The molecule has 0 bridgehead atoms. The van der Waals surface area contributed by atoms with Gasteiger partial charge in [-0.2, -0.15) is 13.2 Å². The van der Waals surface area contributed by atoms with Gasteiger partial charge in [0.15, 0.2) is 0 Å². The number of alkyl halides is 3. The molecule has 4 rings (SSSR count). The molecule has 1 amide bonds. The molecule has 0 saturated carbocycles. The number of amides is 1. The molecule has 0 atom stereocenters. The number of imidazole rings is 1. The van der Waals surface area contributed by atoms with Crippen molar-refractivity contribution in [3.8, 4) is 11.1 Å². The normalized spacial score (nSPS) is 15.9. The van der Waals surface area contributed by atoms with E-state index in [1.165, 1.54) is 12.1 Å². The molecule has 2 heterocycles. The van der Waals surface area contributed by atoms with Crippen molar-refractivity contribution in [1.82, 2.24) is 14.9 Å². The summed E-state index contributed by atoms with van der Waals surface area (Å²) in [5.74, 6) is 1.15. The first-order valence-electron chi connectivity index (χ1n) is 9.91. The number of carbonyl (C=O) groups excluding carboxylic acids is 1. The Kier molecular flexibility index (Phi) is 5.37. The van der Waals surface area contributed by atoms with Gasteiger partial charge in [-0.25, -0.2) is 4.98 Å². The van der Waals surface area contributed by atoms with E-state index in [9.17, 15) is 18.0 Å². The standard InChI is InChI=1S/C23H22F3N3O/c1-15(30)29-12-10-16(11-13-29)6-9-22-27-20-8-7-17(14-21(20)28-22)18-4-2-3-5-19(18)23(24,25)26/h2-9,14,16H,10-13H2,1H3,(H,27,28)/b9-6+. The van der Waals surface area contributed by atoms with Crippen LogP contribution in [-0.4, -0.2) is 33.9 Å². The van der Waals surface area contributed by atoms with Gasteiger partial charge in [0.25, 0.3) is 0 Å². The zero-order valence-corrected chi connectivity index (χ0v) is 16.5. The first kappa shape index (κ1) is 20.2. The van der Waals surface area contributed by atoms with Crippen LogP contribution in [0.4, 0.5) is 13.2 Å². The average molecular weight is 413 g/mol. The summed E-state index contributed by atoms with van der Waals surface area (Å²) in [6.45, 7) is 3.10. The van der Waals surface area contributed by atoms with Crippen molar-refractivity contribution in [1.29, 1.82) is 0 Å². The summed E-state index contributed by atoms with van der Waals surface area (Å²) in [6.07, 6.45) is 1.42. The number of aromatic nitrogens is 2. The SMILES string of the molecule is CC(=O)N1CCC(/C=C/c2nc3ccc(-c4ccccc4C(F)(F)F)cc3[nH]2)CC1. The van der Waals surface area contributed by atoms with E-state index in [0.29, 0.717) is 28.3 Å². The minimum Gasteiger partial charge on any atom is -0.343 e. The number of allylic oxidation sites excluding steroid dienone is 1. The fourth-order valence-electron chi connectivity index (χ4n) is 3.89. The molecular formula is C23H22F3N3O. The number of rotatable bonds is 3. The highest BCUT2D eigenvalue weighted by molar-refractivity contribution is 5.84. The zero-order valence-electron chi connectivity index (χ0n) is 16.5. The highest BCUT2D eigenvalue weighted by Crippen LogP contribution is 2.37.